The van der Waals surface area contributed by atoms with Gasteiger partial charge in [-0.3, -0.25) is 14.4 Å². The number of hydrogen-bond donors (Lipinski definition) is 1. The predicted molar refractivity (Wildman–Crippen MR) is 163 cm³/mol. The number of Topliss-reactive ketones (excluding diaryl/α,β-unsaturated/α-hetero) is 1. The highest BCUT2D eigenvalue weighted by atomic mass is 16.5. The topological polar surface area (TPSA) is 106 Å². The van der Waals surface area contributed by atoms with Gasteiger partial charge in [0.15, 0.2) is 5.78 Å². The summed E-state index contributed by atoms with van der Waals surface area (Å²) in [6, 6.07) is 17.2. The van der Waals surface area contributed by atoms with Gasteiger partial charge in [-0.15, -0.1) is 0 Å². The van der Waals surface area contributed by atoms with E-state index in [-0.39, 0.29) is 36.3 Å². The standard InChI is InChI=1S/C34H37N5O4/c1-23(40)28-20-38(30-14-13-25(18-27(28)30)26-15-16-35-36-19-26)21-33(41)39-17-7-11-31(39)34(42)37-29-10-5-6-12-32(29)43-22-24-8-3-2-4-9-24/h2-4,8-9,13-16,18-20,29,31-32H,5-7,10-12,17,21-22H2,1H3,(H,37,42)/t29-,31-,32-/m0/s1. The first-order valence-corrected chi connectivity index (χ1v) is 15.1. The van der Waals surface area contributed by atoms with Crippen LogP contribution in [0.25, 0.3) is 22.0 Å². The number of nitrogens with one attached hydrogen (secondary N) is 1. The molecule has 0 radical (unpaired) electrons. The zero-order chi connectivity index (χ0) is 29.8. The van der Waals surface area contributed by atoms with Crippen LogP contribution in [0, 0.1) is 0 Å². The van der Waals surface area contributed by atoms with Crippen LogP contribution in [0.15, 0.2) is 73.2 Å². The van der Waals surface area contributed by atoms with E-state index in [1.165, 1.54) is 6.92 Å². The number of rotatable bonds is 9. The van der Waals surface area contributed by atoms with Crippen molar-refractivity contribution >= 4 is 28.5 Å². The van der Waals surface area contributed by atoms with E-state index in [1.54, 1.807) is 23.5 Å². The molecular formula is C34H37N5O4. The molecule has 2 amide bonds. The SMILES string of the molecule is CC(=O)c1cn(CC(=O)N2CCC[C@H]2C(=O)N[C@H]2CCCC[C@@H]2OCc2ccccc2)c2ccc(-c3ccnnc3)cc12. The summed E-state index contributed by atoms with van der Waals surface area (Å²) in [5, 5.41) is 11.8. The third-order valence-electron chi connectivity index (χ3n) is 8.70. The van der Waals surface area contributed by atoms with Crippen molar-refractivity contribution in [2.45, 2.75) is 76.8 Å². The minimum Gasteiger partial charge on any atom is -0.371 e. The molecule has 2 aliphatic rings. The fourth-order valence-electron chi connectivity index (χ4n) is 6.44. The van der Waals surface area contributed by atoms with Gasteiger partial charge in [-0.05, 0) is 61.9 Å². The summed E-state index contributed by atoms with van der Waals surface area (Å²) in [6.45, 7) is 2.63. The number of aromatic nitrogens is 3. The maximum Gasteiger partial charge on any atom is 0.243 e. The van der Waals surface area contributed by atoms with Crippen molar-refractivity contribution in [3.63, 3.8) is 0 Å². The molecule has 1 N–H and O–H groups in total. The third kappa shape index (κ3) is 6.37. The quantitative estimate of drug-likeness (QED) is 0.282. The molecule has 1 saturated heterocycles. The number of carbonyl (C=O) groups is 3. The van der Waals surface area contributed by atoms with E-state index < -0.39 is 6.04 Å². The summed E-state index contributed by atoms with van der Waals surface area (Å²) >= 11 is 0. The van der Waals surface area contributed by atoms with Crippen LogP contribution >= 0.6 is 0 Å². The number of fused-ring (bicyclic) bond motifs is 1. The summed E-state index contributed by atoms with van der Waals surface area (Å²) in [7, 11) is 0. The van der Waals surface area contributed by atoms with Gasteiger partial charge in [-0.25, -0.2) is 0 Å². The Bertz CT molecular complexity index is 1600. The van der Waals surface area contributed by atoms with E-state index in [1.807, 2.05) is 59.2 Å². The predicted octanol–water partition coefficient (Wildman–Crippen LogP) is 4.94. The molecule has 3 heterocycles. The van der Waals surface area contributed by atoms with Crippen LogP contribution < -0.4 is 5.32 Å². The molecule has 1 aliphatic carbocycles. The zero-order valence-electron chi connectivity index (χ0n) is 24.4. The van der Waals surface area contributed by atoms with Crippen molar-refractivity contribution in [3.05, 3.63) is 84.3 Å². The lowest BCUT2D eigenvalue weighted by molar-refractivity contribution is -0.139. The maximum absolute atomic E-state index is 13.7. The Kier molecular flexibility index (Phi) is 8.60. The third-order valence-corrected chi connectivity index (χ3v) is 8.70. The summed E-state index contributed by atoms with van der Waals surface area (Å²) in [5.41, 5.74) is 4.28. The van der Waals surface area contributed by atoms with Crippen LogP contribution in [0.2, 0.25) is 0 Å². The summed E-state index contributed by atoms with van der Waals surface area (Å²) in [5.74, 6) is -0.313. The molecule has 4 aromatic rings. The van der Waals surface area contributed by atoms with Gasteiger partial charge in [0.25, 0.3) is 0 Å². The Hall–Kier alpha value is -4.37. The number of amides is 2. The smallest absolute Gasteiger partial charge is 0.243 e. The summed E-state index contributed by atoms with van der Waals surface area (Å²) in [4.78, 5) is 41.5. The molecule has 2 fully saturated rings. The first kappa shape index (κ1) is 28.7. The van der Waals surface area contributed by atoms with Gasteiger partial charge < -0.3 is 19.5 Å². The normalized spacial score (nSPS) is 20.3. The zero-order valence-corrected chi connectivity index (χ0v) is 24.4. The van der Waals surface area contributed by atoms with Crippen LogP contribution in [0.1, 0.15) is 61.4 Å². The first-order valence-electron chi connectivity index (χ1n) is 15.1. The van der Waals surface area contributed by atoms with Crippen molar-refractivity contribution in [2.75, 3.05) is 6.54 Å². The van der Waals surface area contributed by atoms with E-state index in [9.17, 15) is 14.4 Å². The lowest BCUT2D eigenvalue weighted by Gasteiger charge is -2.34. The van der Waals surface area contributed by atoms with Gasteiger partial charge in [0.05, 0.1) is 31.1 Å². The van der Waals surface area contributed by atoms with Gasteiger partial charge in [-0.2, -0.15) is 10.2 Å². The van der Waals surface area contributed by atoms with Gasteiger partial charge in [0.1, 0.15) is 12.6 Å². The van der Waals surface area contributed by atoms with Gasteiger partial charge >= 0.3 is 0 Å². The molecule has 1 saturated carbocycles. The summed E-state index contributed by atoms with van der Waals surface area (Å²) in [6.07, 6.45) is 10.3. The fraction of sp³-hybridized carbons (Fsp3) is 0.382. The molecule has 9 nitrogen and oxygen atoms in total. The first-order chi connectivity index (χ1) is 21.0. The van der Waals surface area contributed by atoms with Crippen LogP contribution in [-0.2, 0) is 27.5 Å². The van der Waals surface area contributed by atoms with Crippen LogP contribution in [-0.4, -0.2) is 62.0 Å². The van der Waals surface area contributed by atoms with Gasteiger partial charge in [0.2, 0.25) is 11.8 Å². The minimum absolute atomic E-state index is 0.0486. The van der Waals surface area contributed by atoms with E-state index in [2.05, 4.69) is 15.5 Å². The average molecular weight is 580 g/mol. The van der Waals surface area contributed by atoms with E-state index >= 15 is 0 Å². The monoisotopic (exact) mass is 579 g/mol. The van der Waals surface area contributed by atoms with Crippen LogP contribution in [0.4, 0.5) is 0 Å². The number of benzene rings is 2. The maximum atomic E-state index is 13.7. The molecule has 2 aromatic carbocycles. The lowest BCUT2D eigenvalue weighted by atomic mass is 9.92. The highest BCUT2D eigenvalue weighted by Crippen LogP contribution is 2.29. The molecule has 0 bridgehead atoms. The minimum atomic E-state index is -0.510. The number of hydrogen-bond acceptors (Lipinski definition) is 6. The lowest BCUT2D eigenvalue weighted by Crippen LogP contribution is -2.53. The van der Waals surface area contributed by atoms with Crippen molar-refractivity contribution in [2.24, 2.45) is 0 Å². The van der Waals surface area contributed by atoms with E-state index in [0.29, 0.717) is 25.1 Å². The second-order valence-electron chi connectivity index (χ2n) is 11.6. The highest BCUT2D eigenvalue weighted by molar-refractivity contribution is 6.08. The molecule has 9 heteroatoms. The number of carbonyl (C=O) groups excluding carboxylic acids is 3. The Morgan fingerprint density at radius 3 is 2.58 bits per heavy atom. The Morgan fingerprint density at radius 1 is 0.953 bits per heavy atom. The van der Waals surface area contributed by atoms with Crippen LogP contribution in [0.3, 0.4) is 0 Å². The van der Waals surface area contributed by atoms with Gasteiger partial charge in [-0.1, -0.05) is 49.2 Å². The van der Waals surface area contributed by atoms with Crippen molar-refractivity contribution in [3.8, 4) is 11.1 Å². The van der Waals surface area contributed by atoms with Crippen molar-refractivity contribution in [1.82, 2.24) is 25.0 Å². The Morgan fingerprint density at radius 2 is 1.79 bits per heavy atom. The van der Waals surface area contributed by atoms with Crippen molar-refractivity contribution in [1.29, 1.82) is 0 Å². The van der Waals surface area contributed by atoms with Crippen molar-refractivity contribution < 1.29 is 19.1 Å². The largest absolute Gasteiger partial charge is 0.371 e. The number of likely N-dealkylation sites (tertiary alicyclic amines) is 1. The molecule has 1 aliphatic heterocycles. The average Bonchev–Trinajstić information content (AvgIpc) is 3.67. The molecule has 6 rings (SSSR count). The number of ether oxygens (including phenoxy) is 1. The molecule has 0 unspecified atom stereocenters. The molecule has 2 aromatic heterocycles. The molecule has 222 valence electrons. The Labute approximate surface area is 251 Å². The number of nitrogens with zero attached hydrogens (tertiary/aromatic N) is 4. The molecule has 3 atom stereocenters. The van der Waals surface area contributed by atoms with Gasteiger partial charge in [0, 0.05) is 34.8 Å². The van der Waals surface area contributed by atoms with Crippen LogP contribution in [0.5, 0.6) is 0 Å². The van der Waals surface area contributed by atoms with E-state index in [0.717, 1.165) is 59.7 Å². The fourth-order valence-corrected chi connectivity index (χ4v) is 6.44. The molecule has 0 spiro atoms. The second kappa shape index (κ2) is 12.9. The molecule has 43 heavy (non-hydrogen) atoms. The Balaban J connectivity index is 1.15. The number of ketones is 1. The highest BCUT2D eigenvalue weighted by Gasteiger charge is 2.37. The molecular weight excluding hydrogens is 542 g/mol. The second-order valence-corrected chi connectivity index (χ2v) is 11.6. The summed E-state index contributed by atoms with van der Waals surface area (Å²) < 4.78 is 8.09. The van der Waals surface area contributed by atoms with E-state index in [4.69, 9.17) is 4.74 Å².